The van der Waals surface area contributed by atoms with Gasteiger partial charge in [0.05, 0.1) is 0 Å². The van der Waals surface area contributed by atoms with E-state index < -0.39 is 0 Å². The Kier molecular flexibility index (Phi) is 3.01. The molecule has 3 N–H and O–H groups in total. The third kappa shape index (κ3) is 2.94. The zero-order chi connectivity index (χ0) is 12.5. The van der Waals surface area contributed by atoms with E-state index in [1.807, 2.05) is 20.8 Å². The molecule has 2 rings (SSSR count). The molecule has 17 heavy (non-hydrogen) atoms. The van der Waals surface area contributed by atoms with Crippen LogP contribution in [-0.4, -0.2) is 25.1 Å². The summed E-state index contributed by atoms with van der Waals surface area (Å²) in [7, 11) is 0. The minimum Gasteiger partial charge on any atom is -0.384 e. The number of rotatable bonds is 2. The first-order valence-electron chi connectivity index (χ1n) is 5.13. The van der Waals surface area contributed by atoms with Crippen molar-refractivity contribution in [2.24, 2.45) is 0 Å². The van der Waals surface area contributed by atoms with Gasteiger partial charge >= 0.3 is 0 Å². The maximum absolute atomic E-state index is 5.77. The second-order valence-electron chi connectivity index (χ2n) is 4.60. The van der Waals surface area contributed by atoms with Gasteiger partial charge in [-0.2, -0.15) is 5.10 Å². The number of aromatic nitrogens is 5. The molecule has 2 aromatic heterocycles. The third-order valence-electron chi connectivity index (χ3n) is 1.99. The quantitative estimate of drug-likeness (QED) is 0.787. The highest BCUT2D eigenvalue weighted by molar-refractivity contribution is 7.99. The summed E-state index contributed by atoms with van der Waals surface area (Å²) in [4.78, 5) is 12.7. The first kappa shape index (κ1) is 11.8. The number of nitrogens with two attached hydrogens (primary N) is 1. The molecule has 2 heterocycles. The van der Waals surface area contributed by atoms with Crippen LogP contribution < -0.4 is 5.73 Å². The predicted molar refractivity (Wildman–Crippen MR) is 65.7 cm³/mol. The van der Waals surface area contributed by atoms with Crippen LogP contribution in [0.4, 0.5) is 5.82 Å². The molecule has 90 valence electrons. The predicted octanol–water partition coefficient (Wildman–Crippen LogP) is 1.63. The largest absolute Gasteiger partial charge is 0.384 e. The van der Waals surface area contributed by atoms with Crippen molar-refractivity contribution in [3.8, 4) is 0 Å². The zero-order valence-corrected chi connectivity index (χ0v) is 10.7. The summed E-state index contributed by atoms with van der Waals surface area (Å²) in [5.41, 5.74) is 5.64. The summed E-state index contributed by atoms with van der Waals surface area (Å²) in [5.74, 6) is 1.19. The van der Waals surface area contributed by atoms with Crippen LogP contribution in [0.15, 0.2) is 22.6 Å². The maximum atomic E-state index is 5.77. The standard InChI is InChI=1S/C10H14N6S/c1-10(2,3)8-14-6(11)4-7(15-8)17-9-12-5-13-16-9/h4-5H,1-3H3,(H2,11,14,15)(H,12,13,16). The van der Waals surface area contributed by atoms with Gasteiger partial charge in [-0.3, -0.25) is 5.10 Å². The first-order chi connectivity index (χ1) is 7.95. The highest BCUT2D eigenvalue weighted by Gasteiger charge is 2.19. The molecule has 7 heteroatoms. The highest BCUT2D eigenvalue weighted by atomic mass is 32.2. The molecular formula is C10H14N6S. The molecule has 0 saturated heterocycles. The Morgan fingerprint density at radius 2 is 2.06 bits per heavy atom. The summed E-state index contributed by atoms with van der Waals surface area (Å²) in [6, 6.07) is 1.72. The van der Waals surface area contributed by atoms with Crippen LogP contribution in [0.2, 0.25) is 0 Å². The number of H-pyrrole nitrogens is 1. The van der Waals surface area contributed by atoms with Gasteiger partial charge in [0.15, 0.2) is 5.16 Å². The van der Waals surface area contributed by atoms with Gasteiger partial charge < -0.3 is 5.73 Å². The maximum Gasteiger partial charge on any atom is 0.189 e. The van der Waals surface area contributed by atoms with E-state index in [-0.39, 0.29) is 5.41 Å². The van der Waals surface area contributed by atoms with E-state index in [9.17, 15) is 0 Å². The van der Waals surface area contributed by atoms with Crippen molar-refractivity contribution in [3.63, 3.8) is 0 Å². The Hall–Kier alpha value is -1.63. The molecular weight excluding hydrogens is 236 g/mol. The van der Waals surface area contributed by atoms with Crippen molar-refractivity contribution in [3.05, 3.63) is 18.2 Å². The molecule has 0 amide bonds. The van der Waals surface area contributed by atoms with Crippen molar-refractivity contribution in [1.82, 2.24) is 25.1 Å². The third-order valence-corrected chi connectivity index (χ3v) is 2.80. The smallest absolute Gasteiger partial charge is 0.189 e. The summed E-state index contributed by atoms with van der Waals surface area (Å²) < 4.78 is 0. The van der Waals surface area contributed by atoms with E-state index in [1.165, 1.54) is 18.1 Å². The lowest BCUT2D eigenvalue weighted by Gasteiger charge is -2.17. The number of hydrogen-bond acceptors (Lipinski definition) is 6. The highest BCUT2D eigenvalue weighted by Crippen LogP contribution is 2.26. The lowest BCUT2D eigenvalue weighted by molar-refractivity contribution is 0.539. The van der Waals surface area contributed by atoms with Crippen LogP contribution in [0, 0.1) is 0 Å². The molecule has 0 aliphatic carbocycles. The lowest BCUT2D eigenvalue weighted by atomic mass is 9.96. The minimum absolute atomic E-state index is 0.133. The normalized spacial score (nSPS) is 11.7. The number of anilines is 1. The van der Waals surface area contributed by atoms with Crippen LogP contribution in [0.25, 0.3) is 0 Å². The number of nitrogen functional groups attached to an aromatic ring is 1. The molecule has 0 saturated carbocycles. The summed E-state index contributed by atoms with van der Waals surface area (Å²) in [6.45, 7) is 6.14. The van der Waals surface area contributed by atoms with Crippen molar-refractivity contribution < 1.29 is 0 Å². The average molecular weight is 250 g/mol. The Morgan fingerprint density at radius 1 is 1.29 bits per heavy atom. The monoisotopic (exact) mass is 250 g/mol. The molecule has 6 nitrogen and oxygen atoms in total. The van der Waals surface area contributed by atoms with Gasteiger partial charge in [0.2, 0.25) is 0 Å². The molecule has 0 aliphatic heterocycles. The van der Waals surface area contributed by atoms with E-state index in [0.29, 0.717) is 11.0 Å². The number of nitrogens with zero attached hydrogens (tertiary/aromatic N) is 4. The first-order valence-corrected chi connectivity index (χ1v) is 5.95. The molecule has 0 spiro atoms. The second-order valence-corrected chi connectivity index (χ2v) is 5.61. The van der Waals surface area contributed by atoms with E-state index >= 15 is 0 Å². The van der Waals surface area contributed by atoms with Gasteiger partial charge in [0, 0.05) is 11.5 Å². The Morgan fingerprint density at radius 3 is 2.65 bits per heavy atom. The average Bonchev–Trinajstić information content (AvgIpc) is 2.68. The van der Waals surface area contributed by atoms with E-state index in [4.69, 9.17) is 5.73 Å². The summed E-state index contributed by atoms with van der Waals surface area (Å²) >= 11 is 1.38. The fourth-order valence-electron chi connectivity index (χ4n) is 1.17. The minimum atomic E-state index is -0.133. The zero-order valence-electron chi connectivity index (χ0n) is 9.93. The topological polar surface area (TPSA) is 93.4 Å². The lowest BCUT2D eigenvalue weighted by Crippen LogP contribution is -2.17. The Balaban J connectivity index is 2.32. The van der Waals surface area contributed by atoms with Crippen molar-refractivity contribution in [1.29, 1.82) is 0 Å². The van der Waals surface area contributed by atoms with Crippen LogP contribution in [-0.2, 0) is 5.41 Å². The molecule has 0 atom stereocenters. The number of aromatic amines is 1. The molecule has 0 fully saturated rings. The van der Waals surface area contributed by atoms with Gasteiger partial charge in [-0.05, 0) is 11.8 Å². The molecule has 0 unspecified atom stereocenters. The molecule has 2 aromatic rings. The Labute approximate surface area is 103 Å². The van der Waals surface area contributed by atoms with Gasteiger partial charge in [0.25, 0.3) is 0 Å². The second kappa shape index (κ2) is 4.33. The number of hydrogen-bond donors (Lipinski definition) is 2. The van der Waals surface area contributed by atoms with Crippen molar-refractivity contribution >= 4 is 17.6 Å². The van der Waals surface area contributed by atoms with Gasteiger partial charge in [-0.25, -0.2) is 15.0 Å². The fraction of sp³-hybridized carbons (Fsp3) is 0.400. The number of nitrogens with one attached hydrogen (secondary N) is 1. The van der Waals surface area contributed by atoms with Crippen LogP contribution in [0.3, 0.4) is 0 Å². The summed E-state index contributed by atoms with van der Waals surface area (Å²) in [5, 5.41) is 7.99. The van der Waals surface area contributed by atoms with E-state index in [1.54, 1.807) is 6.07 Å². The SMILES string of the molecule is CC(C)(C)c1nc(N)cc(Sc2ncn[nH]2)n1. The van der Waals surface area contributed by atoms with Gasteiger partial charge in [-0.15, -0.1) is 0 Å². The molecule has 0 aromatic carbocycles. The van der Waals surface area contributed by atoms with Gasteiger partial charge in [0.1, 0.15) is 23.0 Å². The van der Waals surface area contributed by atoms with Gasteiger partial charge in [-0.1, -0.05) is 20.8 Å². The van der Waals surface area contributed by atoms with E-state index in [2.05, 4.69) is 25.1 Å². The van der Waals surface area contributed by atoms with Crippen molar-refractivity contribution in [2.75, 3.05) is 5.73 Å². The molecule has 0 bridgehead atoms. The fourth-order valence-corrected chi connectivity index (χ4v) is 1.88. The van der Waals surface area contributed by atoms with E-state index in [0.717, 1.165) is 10.9 Å². The molecule has 0 radical (unpaired) electrons. The van der Waals surface area contributed by atoms with Crippen LogP contribution >= 0.6 is 11.8 Å². The summed E-state index contributed by atoms with van der Waals surface area (Å²) in [6.07, 6.45) is 1.46. The van der Waals surface area contributed by atoms with Crippen LogP contribution in [0.5, 0.6) is 0 Å². The Bertz CT molecular complexity index is 502. The molecule has 0 aliphatic rings. The van der Waals surface area contributed by atoms with Crippen molar-refractivity contribution in [2.45, 2.75) is 36.4 Å². The van der Waals surface area contributed by atoms with Crippen LogP contribution in [0.1, 0.15) is 26.6 Å².